The molecule has 1 unspecified atom stereocenters. The molecule has 0 amide bonds. The number of nitrogens with one attached hydrogen (secondary N) is 1. The smallest absolute Gasteiger partial charge is 0.163 e. The van der Waals surface area contributed by atoms with Crippen molar-refractivity contribution in [3.05, 3.63) is 16.6 Å². The fourth-order valence-electron chi connectivity index (χ4n) is 1.20. The Morgan fingerprint density at radius 3 is 2.92 bits per heavy atom. The van der Waals surface area contributed by atoms with Crippen molar-refractivity contribution in [1.82, 2.24) is 10.3 Å². The molecule has 0 saturated carbocycles. The number of thiazole rings is 1. The van der Waals surface area contributed by atoms with Gasteiger partial charge in [0.15, 0.2) is 5.67 Å². The van der Waals surface area contributed by atoms with Crippen LogP contribution in [0.5, 0.6) is 0 Å². The van der Waals surface area contributed by atoms with Crippen molar-refractivity contribution in [3.63, 3.8) is 0 Å². The van der Waals surface area contributed by atoms with Gasteiger partial charge >= 0.3 is 0 Å². The first-order valence-corrected chi connectivity index (χ1v) is 5.34. The van der Waals surface area contributed by atoms with Gasteiger partial charge in [-0.3, -0.25) is 0 Å². The van der Waals surface area contributed by atoms with Gasteiger partial charge in [0.05, 0.1) is 0 Å². The van der Waals surface area contributed by atoms with E-state index in [1.54, 1.807) is 6.20 Å². The van der Waals surface area contributed by atoms with Gasteiger partial charge in [0.2, 0.25) is 0 Å². The van der Waals surface area contributed by atoms with Gasteiger partial charge in [-0.15, -0.1) is 11.3 Å². The maximum atomic E-state index is 14.2. The third kappa shape index (κ3) is 2.48. The summed E-state index contributed by atoms with van der Waals surface area (Å²) in [5, 5.41) is 5.38. The van der Waals surface area contributed by atoms with Crippen LogP contribution in [0.3, 0.4) is 0 Å². The van der Waals surface area contributed by atoms with E-state index in [1.807, 2.05) is 19.4 Å². The largest absolute Gasteiger partial charge is 0.320 e. The average molecular weight is 202 g/mol. The second kappa shape index (κ2) is 4.67. The van der Waals surface area contributed by atoms with Crippen molar-refractivity contribution >= 4 is 11.3 Å². The number of nitrogens with zero attached hydrogens (tertiary/aromatic N) is 1. The molecule has 74 valence electrons. The van der Waals surface area contributed by atoms with E-state index < -0.39 is 5.67 Å². The molecule has 2 nitrogen and oxygen atoms in total. The highest BCUT2D eigenvalue weighted by atomic mass is 32.1. The lowest BCUT2D eigenvalue weighted by Crippen LogP contribution is -2.24. The number of aromatic nitrogens is 1. The molecule has 1 N–H and O–H groups in total. The van der Waals surface area contributed by atoms with Gasteiger partial charge in [0, 0.05) is 18.0 Å². The molecule has 1 atom stereocenters. The van der Waals surface area contributed by atoms with Crippen molar-refractivity contribution in [2.24, 2.45) is 0 Å². The van der Waals surface area contributed by atoms with Gasteiger partial charge in [-0.1, -0.05) is 6.92 Å². The van der Waals surface area contributed by atoms with Crippen LogP contribution in [0.2, 0.25) is 0 Å². The van der Waals surface area contributed by atoms with Crippen molar-refractivity contribution in [2.45, 2.75) is 25.4 Å². The fraction of sp³-hybridized carbons (Fsp3) is 0.667. The number of alkyl halides is 1. The molecule has 0 radical (unpaired) electrons. The second-order valence-corrected chi connectivity index (χ2v) is 3.90. The lowest BCUT2D eigenvalue weighted by atomic mass is 10.00. The molecule has 1 rings (SSSR count). The van der Waals surface area contributed by atoms with Gasteiger partial charge in [-0.05, 0) is 20.0 Å². The lowest BCUT2D eigenvalue weighted by Gasteiger charge is -2.20. The monoisotopic (exact) mass is 202 g/mol. The molecular weight excluding hydrogens is 187 g/mol. The zero-order valence-electron chi connectivity index (χ0n) is 8.01. The molecule has 13 heavy (non-hydrogen) atoms. The van der Waals surface area contributed by atoms with Crippen molar-refractivity contribution in [3.8, 4) is 0 Å². The van der Waals surface area contributed by atoms with E-state index in [2.05, 4.69) is 10.3 Å². The molecule has 0 spiro atoms. The Bertz CT molecular complexity index is 238. The van der Waals surface area contributed by atoms with Crippen LogP contribution in [0.15, 0.2) is 11.6 Å². The van der Waals surface area contributed by atoms with Crippen LogP contribution in [0.4, 0.5) is 4.39 Å². The molecule has 0 aliphatic heterocycles. The maximum absolute atomic E-state index is 14.2. The van der Waals surface area contributed by atoms with Crippen molar-refractivity contribution < 1.29 is 4.39 Å². The summed E-state index contributed by atoms with van der Waals surface area (Å²) in [5.41, 5.74) is -1.24. The lowest BCUT2D eigenvalue weighted by molar-refractivity contribution is 0.144. The number of halogens is 1. The summed E-state index contributed by atoms with van der Waals surface area (Å²) < 4.78 is 14.2. The van der Waals surface area contributed by atoms with Crippen LogP contribution in [0.25, 0.3) is 0 Å². The number of rotatable bonds is 5. The molecule has 0 fully saturated rings. The minimum Gasteiger partial charge on any atom is -0.320 e. The summed E-state index contributed by atoms with van der Waals surface area (Å²) in [6.07, 6.45) is 2.64. The zero-order chi connectivity index (χ0) is 9.73. The van der Waals surface area contributed by atoms with E-state index in [1.165, 1.54) is 11.3 Å². The Morgan fingerprint density at radius 2 is 2.46 bits per heavy atom. The van der Waals surface area contributed by atoms with Gasteiger partial charge < -0.3 is 5.32 Å². The molecule has 0 aliphatic rings. The van der Waals surface area contributed by atoms with E-state index in [-0.39, 0.29) is 0 Å². The predicted molar refractivity (Wildman–Crippen MR) is 53.7 cm³/mol. The minimum absolute atomic E-state index is 0.488. The maximum Gasteiger partial charge on any atom is 0.163 e. The van der Waals surface area contributed by atoms with Crippen LogP contribution in [0.1, 0.15) is 24.8 Å². The Balaban J connectivity index is 2.69. The summed E-state index contributed by atoms with van der Waals surface area (Å²) in [5.74, 6) is 0. The highest BCUT2D eigenvalue weighted by Gasteiger charge is 2.31. The van der Waals surface area contributed by atoms with E-state index in [4.69, 9.17) is 0 Å². The van der Waals surface area contributed by atoms with Gasteiger partial charge in [-0.25, -0.2) is 9.37 Å². The molecule has 0 saturated heterocycles. The Morgan fingerprint density at radius 1 is 1.69 bits per heavy atom. The molecule has 0 aliphatic carbocycles. The first-order chi connectivity index (χ1) is 6.23. The van der Waals surface area contributed by atoms with Crippen LogP contribution in [-0.4, -0.2) is 18.6 Å². The van der Waals surface area contributed by atoms with E-state index in [0.717, 1.165) is 0 Å². The summed E-state index contributed by atoms with van der Waals surface area (Å²) in [6.45, 7) is 2.54. The van der Waals surface area contributed by atoms with Crippen LogP contribution >= 0.6 is 11.3 Å². The van der Waals surface area contributed by atoms with Crippen LogP contribution in [0, 0.1) is 0 Å². The first-order valence-electron chi connectivity index (χ1n) is 4.46. The fourth-order valence-corrected chi connectivity index (χ4v) is 2.03. The quantitative estimate of drug-likeness (QED) is 0.792. The zero-order valence-corrected chi connectivity index (χ0v) is 8.83. The standard InChI is InChI=1S/C9H15FN2S/c1-3-9(10,4-5-11-2)8-12-6-7-13-8/h6-7,11H,3-5H2,1-2H3. The minimum atomic E-state index is -1.24. The highest BCUT2D eigenvalue weighted by Crippen LogP contribution is 2.34. The Labute approximate surface area is 82.2 Å². The third-order valence-electron chi connectivity index (χ3n) is 2.15. The SMILES string of the molecule is CCC(F)(CCNC)c1nccs1. The van der Waals surface area contributed by atoms with Gasteiger partial charge in [-0.2, -0.15) is 0 Å². The van der Waals surface area contributed by atoms with E-state index >= 15 is 0 Å². The van der Waals surface area contributed by atoms with Gasteiger partial charge in [0.1, 0.15) is 5.01 Å². The summed E-state index contributed by atoms with van der Waals surface area (Å²) in [7, 11) is 1.83. The molecule has 4 heteroatoms. The molecule has 1 aromatic heterocycles. The number of hydrogen-bond acceptors (Lipinski definition) is 3. The van der Waals surface area contributed by atoms with Gasteiger partial charge in [0.25, 0.3) is 0 Å². The van der Waals surface area contributed by atoms with E-state index in [9.17, 15) is 4.39 Å². The first kappa shape index (κ1) is 10.6. The average Bonchev–Trinajstić information content (AvgIpc) is 2.67. The molecular formula is C9H15FN2S. The van der Waals surface area contributed by atoms with Crippen molar-refractivity contribution in [1.29, 1.82) is 0 Å². The summed E-state index contributed by atoms with van der Waals surface area (Å²) >= 11 is 1.39. The summed E-state index contributed by atoms with van der Waals surface area (Å²) in [6, 6.07) is 0. The van der Waals surface area contributed by atoms with Crippen molar-refractivity contribution in [2.75, 3.05) is 13.6 Å². The molecule has 1 aromatic rings. The molecule has 0 bridgehead atoms. The Kier molecular flexibility index (Phi) is 3.81. The second-order valence-electron chi connectivity index (χ2n) is 3.01. The topological polar surface area (TPSA) is 24.9 Å². The summed E-state index contributed by atoms with van der Waals surface area (Å²) in [4.78, 5) is 4.03. The molecule has 0 aromatic carbocycles. The highest BCUT2D eigenvalue weighted by molar-refractivity contribution is 7.09. The third-order valence-corrected chi connectivity index (χ3v) is 3.10. The molecule has 1 heterocycles. The number of hydrogen-bond donors (Lipinski definition) is 1. The van der Waals surface area contributed by atoms with Crippen LogP contribution < -0.4 is 5.32 Å². The van der Waals surface area contributed by atoms with Crippen LogP contribution in [-0.2, 0) is 5.67 Å². The Hall–Kier alpha value is -0.480. The normalized spacial score (nSPS) is 15.6. The van der Waals surface area contributed by atoms with E-state index in [0.29, 0.717) is 24.4 Å². The predicted octanol–water partition coefficient (Wildman–Crippen LogP) is 2.33.